The molecule has 18 heteroatoms. The van der Waals surface area contributed by atoms with Gasteiger partial charge in [0.1, 0.15) is 0 Å². The Labute approximate surface area is 251 Å². The number of carbonyl (C=O) groups is 4. The quantitative estimate of drug-likeness (QED) is 0.174. The minimum absolute atomic E-state index is 0. The van der Waals surface area contributed by atoms with E-state index in [2.05, 4.69) is 5.32 Å². The Hall–Kier alpha value is 1.87. The minimum Gasteiger partial charge on any atom is -0.550 e. The Morgan fingerprint density at radius 3 is 1.39 bits per heavy atom. The topological polar surface area (TPSA) is 256 Å². The molecule has 0 spiro atoms. The molecule has 140 valence electrons. The maximum absolute atomic E-state index is 10.7. The van der Waals surface area contributed by atoms with Gasteiger partial charge < -0.3 is 50.7 Å². The largest absolute Gasteiger partial charge is 1.00 e. The second-order valence-corrected chi connectivity index (χ2v) is 4.85. The SMILES string of the molecule is NC(CC(=O)[O-])C(CC(=O)[O-])(CC(=O)[O-])NCC(=O)[O-].O=S(O)O.[Na+].[Na+].[Na+].[Na+]. The zero-order valence-corrected chi connectivity index (χ0v) is 24.8. The second-order valence-electron chi connectivity index (χ2n) is 4.39. The first-order valence-corrected chi connectivity index (χ1v) is 6.98. The molecule has 0 rings (SSSR count). The Balaban J connectivity index is -0.000000137. The van der Waals surface area contributed by atoms with Crippen LogP contribution in [0.3, 0.4) is 0 Å². The van der Waals surface area contributed by atoms with E-state index in [-0.39, 0.29) is 118 Å². The van der Waals surface area contributed by atoms with Gasteiger partial charge in [0, 0.05) is 55.3 Å². The maximum Gasteiger partial charge on any atom is 1.00 e. The first kappa shape index (κ1) is 43.7. The van der Waals surface area contributed by atoms with Crippen LogP contribution in [0.15, 0.2) is 0 Å². The van der Waals surface area contributed by atoms with Crippen molar-refractivity contribution in [2.24, 2.45) is 5.73 Å². The molecule has 0 radical (unpaired) electrons. The van der Waals surface area contributed by atoms with Gasteiger partial charge in [-0.25, -0.2) is 0 Å². The maximum atomic E-state index is 10.7. The van der Waals surface area contributed by atoms with Crippen LogP contribution in [0.25, 0.3) is 0 Å². The summed E-state index contributed by atoms with van der Waals surface area (Å²) in [5, 5.41) is 44.3. The molecule has 0 saturated heterocycles. The normalized spacial score (nSPS) is 10.3. The standard InChI is InChI=1S/C10H16N2O8.4Na.H2O3S/c11-5(1-6(13)14)10(2-7(15)16,3-8(17)18)12-4-9(19)20;;;;;1-4(2)3/h5,12H,1-4,11H2,(H,13,14)(H,15,16)(H,17,18)(H,19,20);;;;;(H2,1,2,3)/q;4*+1;/p-4. The van der Waals surface area contributed by atoms with Crippen molar-refractivity contribution in [1.29, 1.82) is 0 Å². The Morgan fingerprint density at radius 2 is 1.18 bits per heavy atom. The van der Waals surface area contributed by atoms with Crippen LogP contribution >= 0.6 is 0 Å². The van der Waals surface area contributed by atoms with E-state index in [0.717, 1.165) is 0 Å². The van der Waals surface area contributed by atoms with Crippen LogP contribution in [0.1, 0.15) is 19.3 Å². The molecule has 0 aliphatic carbocycles. The van der Waals surface area contributed by atoms with Gasteiger partial charge in [-0.3, -0.25) is 9.11 Å². The van der Waals surface area contributed by atoms with E-state index in [1.54, 1.807) is 0 Å². The number of carboxylic acids is 4. The van der Waals surface area contributed by atoms with E-state index in [1.807, 2.05) is 0 Å². The molecule has 5 N–H and O–H groups in total. The second kappa shape index (κ2) is 23.5. The van der Waals surface area contributed by atoms with E-state index in [0.29, 0.717) is 0 Å². The molecule has 0 aromatic carbocycles. The van der Waals surface area contributed by atoms with Crippen LogP contribution < -0.4 is 150 Å². The molecule has 0 fully saturated rings. The predicted molar refractivity (Wildman–Crippen MR) is 66.0 cm³/mol. The van der Waals surface area contributed by atoms with Crippen molar-refractivity contribution in [3.63, 3.8) is 0 Å². The van der Waals surface area contributed by atoms with Crippen molar-refractivity contribution in [2.45, 2.75) is 30.8 Å². The minimum atomic E-state index is -2.61. The number of hydrogen-bond donors (Lipinski definition) is 4. The molecule has 1 atom stereocenters. The van der Waals surface area contributed by atoms with Gasteiger partial charge >= 0.3 is 118 Å². The summed E-state index contributed by atoms with van der Waals surface area (Å²) < 4.78 is 22.8. The molecule has 13 nitrogen and oxygen atoms in total. The Bertz CT molecular complexity index is 492. The van der Waals surface area contributed by atoms with Gasteiger partial charge in [-0.1, -0.05) is 0 Å². The van der Waals surface area contributed by atoms with Gasteiger partial charge in [-0.05, 0) is 0 Å². The van der Waals surface area contributed by atoms with Gasteiger partial charge in [0.15, 0.2) is 0 Å². The fourth-order valence-corrected chi connectivity index (χ4v) is 1.72. The molecule has 0 aliphatic rings. The van der Waals surface area contributed by atoms with E-state index in [1.165, 1.54) is 0 Å². The summed E-state index contributed by atoms with van der Waals surface area (Å²) in [6.07, 6.45) is -2.94. The summed E-state index contributed by atoms with van der Waals surface area (Å²) in [6, 6.07) is -1.55. The fourth-order valence-electron chi connectivity index (χ4n) is 1.72. The van der Waals surface area contributed by atoms with Crippen LogP contribution in [-0.4, -0.2) is 55.3 Å². The fraction of sp³-hybridized carbons (Fsp3) is 0.600. The van der Waals surface area contributed by atoms with Crippen LogP contribution in [0.5, 0.6) is 0 Å². The van der Waals surface area contributed by atoms with Crippen molar-refractivity contribution in [3.8, 4) is 0 Å². The summed E-state index contributed by atoms with van der Waals surface area (Å²) in [4.78, 5) is 42.3. The molecule has 1 unspecified atom stereocenters. The molecule has 28 heavy (non-hydrogen) atoms. The van der Waals surface area contributed by atoms with E-state index >= 15 is 0 Å². The van der Waals surface area contributed by atoms with E-state index in [4.69, 9.17) is 19.0 Å². The first-order valence-electron chi connectivity index (χ1n) is 5.92. The number of carbonyl (C=O) groups excluding carboxylic acids is 4. The van der Waals surface area contributed by atoms with Crippen LogP contribution in [-0.2, 0) is 30.5 Å². The monoisotopic (exact) mass is 462 g/mol. The molecule has 0 bridgehead atoms. The number of aliphatic carboxylic acids is 4. The Morgan fingerprint density at radius 1 is 0.857 bits per heavy atom. The summed E-state index contributed by atoms with van der Waals surface area (Å²) in [6.45, 7) is -0.929. The van der Waals surface area contributed by atoms with Crippen LogP contribution in [0, 0.1) is 0 Å². The van der Waals surface area contributed by atoms with Crippen LogP contribution in [0.4, 0.5) is 0 Å². The van der Waals surface area contributed by atoms with Crippen molar-refractivity contribution in [3.05, 3.63) is 0 Å². The number of nitrogens with one attached hydrogen (secondary N) is 1. The van der Waals surface area contributed by atoms with Gasteiger partial charge in [0.2, 0.25) is 0 Å². The van der Waals surface area contributed by atoms with Gasteiger partial charge in [0.25, 0.3) is 11.4 Å². The average molecular weight is 462 g/mol. The zero-order valence-electron chi connectivity index (χ0n) is 16.0. The van der Waals surface area contributed by atoms with Crippen molar-refractivity contribution in [1.82, 2.24) is 5.32 Å². The van der Waals surface area contributed by atoms with Crippen molar-refractivity contribution < 1.29 is 171 Å². The van der Waals surface area contributed by atoms with Crippen LogP contribution in [0.2, 0.25) is 0 Å². The zero-order chi connectivity index (χ0) is 19.5. The van der Waals surface area contributed by atoms with Gasteiger partial charge in [0.05, 0.1) is 5.97 Å². The molecule has 0 amide bonds. The number of rotatable bonds is 10. The molecular formula is C10H14N2Na4O11S. The van der Waals surface area contributed by atoms with Gasteiger partial charge in [-0.2, -0.15) is 4.21 Å². The molecule has 0 aliphatic heterocycles. The molecular weight excluding hydrogens is 448 g/mol. The summed E-state index contributed by atoms with van der Waals surface area (Å²) in [5.74, 6) is -6.81. The summed E-state index contributed by atoms with van der Waals surface area (Å²) in [7, 11) is 0. The summed E-state index contributed by atoms with van der Waals surface area (Å²) >= 11 is -2.61. The van der Waals surface area contributed by atoms with Crippen molar-refractivity contribution >= 4 is 35.2 Å². The van der Waals surface area contributed by atoms with Crippen molar-refractivity contribution in [2.75, 3.05) is 6.54 Å². The smallest absolute Gasteiger partial charge is 0.550 e. The number of hydrogen-bond acceptors (Lipinski definition) is 11. The third kappa shape index (κ3) is 25.9. The third-order valence-electron chi connectivity index (χ3n) is 2.60. The third-order valence-corrected chi connectivity index (χ3v) is 2.60. The van der Waals surface area contributed by atoms with E-state index in [9.17, 15) is 39.6 Å². The predicted octanol–water partition coefficient (Wildman–Crippen LogP) is -19.5. The summed E-state index contributed by atoms with van der Waals surface area (Å²) in [5.41, 5.74) is 3.39. The molecule has 0 heterocycles. The van der Waals surface area contributed by atoms with Gasteiger partial charge in [-0.15, -0.1) is 0 Å². The number of nitrogens with two attached hydrogens (primary N) is 1. The molecule has 0 aromatic heterocycles. The van der Waals surface area contributed by atoms with E-state index < -0.39 is 72.6 Å². The molecule has 0 aromatic rings. The average Bonchev–Trinajstić information content (AvgIpc) is 2.32. The first-order chi connectivity index (χ1) is 10.8. The number of carboxylic acid groups (broad SMARTS) is 4. The molecule has 0 saturated carbocycles. The Kier molecular flexibility index (Phi) is 36.7.